The molecule has 0 atom stereocenters. The minimum absolute atomic E-state index is 0. The van der Waals surface area contributed by atoms with Crippen LogP contribution in [-0.4, -0.2) is 22.6 Å². The molecule has 3 aromatic heterocycles. The number of hydrogen-bond acceptors (Lipinski definition) is 3. The minimum atomic E-state index is -1.34. The van der Waals surface area contributed by atoms with Gasteiger partial charge in [0.25, 0.3) is 0 Å². The van der Waals surface area contributed by atoms with Gasteiger partial charge >= 0.3 is 0 Å². The second kappa shape index (κ2) is 18.6. The summed E-state index contributed by atoms with van der Waals surface area (Å²) in [5, 5.41) is 2.48. The Morgan fingerprint density at radius 1 is 0.783 bits per heavy atom. The van der Waals surface area contributed by atoms with Crippen LogP contribution in [0.2, 0.25) is 19.6 Å². The Kier molecular flexibility index (Phi) is 13.8. The maximum absolute atomic E-state index is 5.95. The van der Waals surface area contributed by atoms with Crippen molar-refractivity contribution in [3.05, 3.63) is 163 Å². The van der Waals surface area contributed by atoms with Crippen LogP contribution in [0, 0.1) is 18.2 Å². The van der Waals surface area contributed by atoms with Gasteiger partial charge in [0.1, 0.15) is 0 Å². The molecule has 0 spiro atoms. The van der Waals surface area contributed by atoms with Crippen molar-refractivity contribution in [3.8, 4) is 39.5 Å². The maximum Gasteiger partial charge on any atom is 0.0798 e. The Hall–Kier alpha value is -5.13. The third-order valence-corrected chi connectivity index (χ3v) is 13.0. The fourth-order valence-corrected chi connectivity index (χ4v) is 9.51. The molecule has 0 aliphatic carbocycles. The average Bonchev–Trinajstić information content (AvgIpc) is 3.81. The quantitative estimate of drug-likeness (QED) is 0.101. The molecular weight excluding hydrogens is 927 g/mol. The summed E-state index contributed by atoms with van der Waals surface area (Å²) >= 11 is 0. The van der Waals surface area contributed by atoms with Crippen LogP contribution in [0.25, 0.3) is 67.0 Å². The van der Waals surface area contributed by atoms with Gasteiger partial charge in [0.05, 0.1) is 24.9 Å². The fraction of sp³-hybridized carbons (Fsp3) is 0.259. The second-order valence-electron chi connectivity index (χ2n) is 17.9. The van der Waals surface area contributed by atoms with E-state index in [1.807, 2.05) is 43.3 Å². The van der Waals surface area contributed by atoms with Crippen molar-refractivity contribution >= 4 is 40.8 Å². The Balaban J connectivity index is 0.000000243. The number of para-hydroxylation sites is 2. The minimum Gasteiger partial charge on any atom is -0.557 e. The second-order valence-corrected chi connectivity index (χ2v) is 22.9. The summed E-state index contributed by atoms with van der Waals surface area (Å²) < 4.78 is 8.29. The summed E-state index contributed by atoms with van der Waals surface area (Å²) in [5.74, 6) is 2.11. The first kappa shape index (κ1) is 44.4. The van der Waals surface area contributed by atoms with Crippen molar-refractivity contribution in [1.82, 2.24) is 14.5 Å². The molecule has 0 aliphatic rings. The first-order valence-electron chi connectivity index (χ1n) is 21.0. The third-order valence-electron chi connectivity index (χ3n) is 10.9. The van der Waals surface area contributed by atoms with Gasteiger partial charge in [0.2, 0.25) is 0 Å². The Bertz CT molecular complexity index is 2710. The van der Waals surface area contributed by atoms with E-state index >= 15 is 0 Å². The molecular formula is C54H57IrN3OSi-2. The zero-order valence-corrected chi connectivity index (χ0v) is 40.2. The number of hydrogen-bond donors (Lipinski definition) is 0. The monoisotopic (exact) mass is 984 g/mol. The van der Waals surface area contributed by atoms with Crippen molar-refractivity contribution in [2.24, 2.45) is 5.92 Å². The van der Waals surface area contributed by atoms with E-state index < -0.39 is 8.07 Å². The van der Waals surface area contributed by atoms with E-state index in [1.54, 1.807) is 0 Å². The summed E-state index contributed by atoms with van der Waals surface area (Å²) in [6, 6.07) is 43.5. The van der Waals surface area contributed by atoms with Crippen LogP contribution >= 0.6 is 0 Å². The average molecular weight is 984 g/mol. The topological polar surface area (TPSA) is 43.9 Å². The van der Waals surface area contributed by atoms with Gasteiger partial charge in [0.15, 0.2) is 0 Å². The normalized spacial score (nSPS) is 11.6. The molecule has 0 amide bonds. The molecule has 8 aromatic rings. The Labute approximate surface area is 372 Å². The van der Waals surface area contributed by atoms with Crippen LogP contribution in [0.1, 0.15) is 82.6 Å². The van der Waals surface area contributed by atoms with E-state index in [4.69, 9.17) is 9.40 Å². The van der Waals surface area contributed by atoms with Gasteiger partial charge in [-0.2, -0.15) is 0 Å². The molecule has 1 radical (unpaired) electrons. The van der Waals surface area contributed by atoms with Crippen molar-refractivity contribution in [1.29, 1.82) is 0 Å². The Morgan fingerprint density at radius 3 is 2.07 bits per heavy atom. The van der Waals surface area contributed by atoms with Crippen molar-refractivity contribution in [2.45, 2.75) is 86.4 Å². The molecule has 0 aliphatic heterocycles. The van der Waals surface area contributed by atoms with Crippen LogP contribution in [0.4, 0.5) is 0 Å². The smallest absolute Gasteiger partial charge is 0.0798 e. The van der Waals surface area contributed by atoms with Gasteiger partial charge in [-0.25, -0.2) is 0 Å². The zero-order valence-electron chi connectivity index (χ0n) is 36.8. The van der Waals surface area contributed by atoms with Crippen LogP contribution in [0.5, 0.6) is 0 Å². The summed E-state index contributed by atoms with van der Waals surface area (Å²) in [4.78, 5) is 9.87. The molecule has 0 bridgehead atoms. The molecule has 4 nitrogen and oxygen atoms in total. The molecule has 0 unspecified atom stereocenters. The number of fused-ring (bicyclic) bond motifs is 2. The van der Waals surface area contributed by atoms with Gasteiger partial charge in [-0.1, -0.05) is 157 Å². The first-order chi connectivity index (χ1) is 28.2. The molecule has 3 heterocycles. The van der Waals surface area contributed by atoms with Gasteiger partial charge in [-0.3, -0.25) is 4.98 Å². The van der Waals surface area contributed by atoms with Crippen molar-refractivity contribution in [2.75, 3.05) is 0 Å². The molecule has 60 heavy (non-hydrogen) atoms. The molecule has 0 saturated carbocycles. The van der Waals surface area contributed by atoms with Crippen LogP contribution in [0.3, 0.4) is 0 Å². The molecule has 5 aromatic carbocycles. The predicted octanol–water partition coefficient (Wildman–Crippen LogP) is 14.5. The summed E-state index contributed by atoms with van der Waals surface area (Å²) in [7, 11) is -1.34. The van der Waals surface area contributed by atoms with Gasteiger partial charge in [-0.15, -0.1) is 35.9 Å². The van der Waals surface area contributed by atoms with E-state index in [-0.39, 0.29) is 20.1 Å². The molecule has 0 N–H and O–H groups in total. The van der Waals surface area contributed by atoms with E-state index in [0.29, 0.717) is 17.8 Å². The fourth-order valence-electron chi connectivity index (χ4n) is 7.92. The summed E-state index contributed by atoms with van der Waals surface area (Å²) in [6.45, 7) is 27.0. The standard InChI is InChI=1S/C36H33N2O.C18H24NSi.Ir/c1-22(2)26-16-17-34-30(18-26)31(21-39-34)36-37-32-14-10-11-15-33(32)38(36)35-28(23(3)4)19-27(20-29(35)24(5)6)25-12-8-7-9-13-25;1-14(2)11-16-12-17(15-9-7-6-8-10-15)19-13-18(16)20(3,4)5;/h7-20,23-24H,1H2,2-6H3;6-9,12-14H,11H2,1-5H3;/q2*-1;. The first-order valence-corrected chi connectivity index (χ1v) is 24.5. The number of furan rings is 1. The van der Waals surface area contributed by atoms with Crippen LogP contribution in [0.15, 0.2) is 132 Å². The predicted molar refractivity (Wildman–Crippen MR) is 253 cm³/mol. The number of nitrogens with zero attached hydrogens (tertiary/aromatic N) is 3. The summed E-state index contributed by atoms with van der Waals surface area (Å²) in [5.41, 5.74) is 15.6. The van der Waals surface area contributed by atoms with Crippen LogP contribution < -0.4 is 5.19 Å². The van der Waals surface area contributed by atoms with E-state index in [0.717, 1.165) is 62.2 Å². The SMILES string of the molecule is C=C(C)c1ccc2o[c-]c(-c3nc4ccccc4n3-c3c(C(C)C)cc(-c4ccccc4)cc3C(C)C)c2c1.CC(C)Cc1cc(-c2[c-]cccc2)ncc1[Si](C)(C)C.[Ir]. The number of rotatable bonds is 10. The molecule has 8 rings (SSSR count). The van der Waals surface area contributed by atoms with Gasteiger partial charge < -0.3 is 14.0 Å². The molecule has 0 saturated heterocycles. The third kappa shape index (κ3) is 9.42. The van der Waals surface area contributed by atoms with E-state index in [9.17, 15) is 0 Å². The number of imidazole rings is 1. The van der Waals surface area contributed by atoms with Crippen LogP contribution in [-0.2, 0) is 26.5 Å². The molecule has 6 heteroatoms. The largest absolute Gasteiger partial charge is 0.557 e. The maximum atomic E-state index is 5.95. The van der Waals surface area contributed by atoms with Crippen molar-refractivity contribution < 1.29 is 24.5 Å². The van der Waals surface area contributed by atoms with Crippen molar-refractivity contribution in [3.63, 3.8) is 0 Å². The number of allylic oxidation sites excluding steroid dienone is 1. The van der Waals surface area contributed by atoms with Gasteiger partial charge in [-0.05, 0) is 94.1 Å². The number of benzene rings is 5. The van der Waals surface area contributed by atoms with Gasteiger partial charge in [0, 0.05) is 43.8 Å². The molecule has 309 valence electrons. The molecule has 0 fully saturated rings. The van der Waals surface area contributed by atoms with E-state index in [1.165, 1.54) is 38.7 Å². The number of aromatic nitrogens is 3. The zero-order chi connectivity index (χ0) is 42.0. The van der Waals surface area contributed by atoms with E-state index in [2.05, 4.69) is 175 Å². The summed E-state index contributed by atoms with van der Waals surface area (Å²) in [6.07, 6.45) is 6.45. The Morgan fingerprint density at radius 2 is 1.45 bits per heavy atom. The number of pyridine rings is 1.